The van der Waals surface area contributed by atoms with E-state index in [0.717, 1.165) is 32.4 Å². The van der Waals surface area contributed by atoms with Crippen LogP contribution in [0.2, 0.25) is 0 Å². The summed E-state index contributed by atoms with van der Waals surface area (Å²) in [6.07, 6.45) is 2.97. The van der Waals surface area contributed by atoms with Crippen LogP contribution in [-0.4, -0.2) is 37.8 Å². The number of aromatic nitrogens is 2. The van der Waals surface area contributed by atoms with Gasteiger partial charge < -0.3 is 5.32 Å². The molecule has 0 amide bonds. The molecule has 0 saturated carbocycles. The largest absolute Gasteiger partial charge is 0.315 e. The van der Waals surface area contributed by atoms with E-state index in [1.807, 2.05) is 13.8 Å². The van der Waals surface area contributed by atoms with Gasteiger partial charge in [0.05, 0.1) is 17.9 Å². The maximum absolute atomic E-state index is 12.4. The molecule has 1 aromatic heterocycles. The Bertz CT molecular complexity index is 537. The first-order valence-electron chi connectivity index (χ1n) is 7.68. The molecule has 2 N–H and O–H groups in total. The van der Waals surface area contributed by atoms with Gasteiger partial charge in [-0.05, 0) is 26.8 Å². The van der Waals surface area contributed by atoms with Crippen molar-refractivity contribution in [1.29, 1.82) is 0 Å². The first-order valence-corrected chi connectivity index (χ1v) is 9.16. The highest BCUT2D eigenvalue weighted by molar-refractivity contribution is 7.89. The highest BCUT2D eigenvalue weighted by atomic mass is 32.2. The summed E-state index contributed by atoms with van der Waals surface area (Å²) < 4.78 is 29.2. The molecule has 0 radical (unpaired) electrons. The molecular formula is C14H28N4O2S. The van der Waals surface area contributed by atoms with E-state index in [9.17, 15) is 8.42 Å². The number of unbranched alkanes of at least 4 members (excludes halogenated alkanes) is 2. The van der Waals surface area contributed by atoms with Gasteiger partial charge in [0, 0.05) is 13.1 Å². The second-order valence-corrected chi connectivity index (χ2v) is 6.89. The zero-order chi connectivity index (χ0) is 15.9. The fraction of sp³-hybridized carbons (Fsp3) is 0.786. The molecule has 0 aliphatic rings. The smallest absolute Gasteiger partial charge is 0.244 e. The minimum atomic E-state index is -3.47. The number of rotatable bonds is 10. The summed E-state index contributed by atoms with van der Waals surface area (Å²) in [5.74, 6) is 0. The van der Waals surface area contributed by atoms with E-state index in [2.05, 4.69) is 22.1 Å². The summed E-state index contributed by atoms with van der Waals surface area (Å²) in [6.45, 7) is 10.5. The van der Waals surface area contributed by atoms with Crippen molar-refractivity contribution < 1.29 is 8.42 Å². The molecule has 1 rings (SSSR count). The second-order valence-electron chi connectivity index (χ2n) is 5.18. The summed E-state index contributed by atoms with van der Waals surface area (Å²) >= 11 is 0. The molecule has 0 aromatic carbocycles. The molecule has 0 bridgehead atoms. The number of nitrogens with zero attached hydrogens (tertiary/aromatic N) is 2. The van der Waals surface area contributed by atoms with Crippen molar-refractivity contribution in [2.45, 2.75) is 58.4 Å². The third-order valence-corrected chi connectivity index (χ3v) is 5.12. The number of hydrogen-bond donors (Lipinski definition) is 2. The molecule has 0 unspecified atom stereocenters. The Balaban J connectivity index is 2.81. The van der Waals surface area contributed by atoms with Crippen molar-refractivity contribution >= 4 is 10.0 Å². The highest BCUT2D eigenvalue weighted by Gasteiger charge is 2.23. The number of sulfonamides is 1. The Morgan fingerprint density at radius 2 is 1.86 bits per heavy atom. The van der Waals surface area contributed by atoms with Crippen LogP contribution in [0.4, 0.5) is 0 Å². The van der Waals surface area contributed by atoms with Crippen molar-refractivity contribution in [3.63, 3.8) is 0 Å². The van der Waals surface area contributed by atoms with Crippen LogP contribution in [-0.2, 0) is 16.6 Å². The first kappa shape index (κ1) is 18.1. The summed E-state index contributed by atoms with van der Waals surface area (Å²) in [5.41, 5.74) is 1.26. The van der Waals surface area contributed by atoms with Crippen molar-refractivity contribution in [3.05, 3.63) is 11.4 Å². The Labute approximate surface area is 128 Å². The summed E-state index contributed by atoms with van der Waals surface area (Å²) in [5, 5.41) is 7.56. The molecule has 1 aromatic rings. The minimum Gasteiger partial charge on any atom is -0.315 e. The lowest BCUT2D eigenvalue weighted by Gasteiger charge is -2.08. The zero-order valence-electron chi connectivity index (χ0n) is 13.6. The molecule has 0 spiro atoms. The van der Waals surface area contributed by atoms with Crippen LogP contribution >= 0.6 is 0 Å². The summed E-state index contributed by atoms with van der Waals surface area (Å²) in [6, 6.07) is 0. The average molecular weight is 316 g/mol. The van der Waals surface area contributed by atoms with E-state index in [-0.39, 0.29) is 0 Å². The van der Waals surface area contributed by atoms with Crippen LogP contribution in [0.15, 0.2) is 4.90 Å². The molecule has 0 atom stereocenters. The Hall–Kier alpha value is -0.920. The van der Waals surface area contributed by atoms with Crippen LogP contribution in [0.25, 0.3) is 0 Å². The monoisotopic (exact) mass is 316 g/mol. The lowest BCUT2D eigenvalue weighted by molar-refractivity contribution is 0.549. The van der Waals surface area contributed by atoms with E-state index in [4.69, 9.17) is 0 Å². The van der Waals surface area contributed by atoms with Crippen LogP contribution in [0.5, 0.6) is 0 Å². The predicted octanol–water partition coefficient (Wildman–Crippen LogP) is 1.58. The SMILES string of the molecule is CCCCCNS(=O)(=O)c1c(C)nn(CCNCC)c1C. The number of nitrogens with one attached hydrogen (secondary N) is 2. The quantitative estimate of drug-likeness (QED) is 0.643. The lowest BCUT2D eigenvalue weighted by Crippen LogP contribution is -2.26. The van der Waals surface area contributed by atoms with Crippen molar-refractivity contribution in [1.82, 2.24) is 19.8 Å². The number of hydrogen-bond acceptors (Lipinski definition) is 4. The third-order valence-electron chi connectivity index (χ3n) is 3.41. The van der Waals surface area contributed by atoms with E-state index < -0.39 is 10.0 Å². The molecule has 6 nitrogen and oxygen atoms in total. The van der Waals surface area contributed by atoms with E-state index in [1.54, 1.807) is 11.6 Å². The zero-order valence-corrected chi connectivity index (χ0v) is 14.4. The molecule has 0 saturated heterocycles. The molecule has 0 aliphatic heterocycles. The lowest BCUT2D eigenvalue weighted by atomic mass is 10.3. The van der Waals surface area contributed by atoms with E-state index in [1.165, 1.54) is 0 Å². The van der Waals surface area contributed by atoms with Crippen LogP contribution in [0, 0.1) is 13.8 Å². The molecule has 122 valence electrons. The number of likely N-dealkylation sites (N-methyl/N-ethyl adjacent to an activating group) is 1. The standard InChI is InChI=1S/C14H28N4O2S/c1-5-7-8-9-16-21(19,20)14-12(3)17-18(13(14)4)11-10-15-6-2/h15-16H,5-11H2,1-4H3. The van der Waals surface area contributed by atoms with Gasteiger partial charge in [-0.15, -0.1) is 0 Å². The molecule has 1 heterocycles. The van der Waals surface area contributed by atoms with Gasteiger partial charge in [0.2, 0.25) is 10.0 Å². The predicted molar refractivity (Wildman–Crippen MR) is 85.0 cm³/mol. The van der Waals surface area contributed by atoms with Gasteiger partial charge in [-0.1, -0.05) is 26.7 Å². The topological polar surface area (TPSA) is 76.0 Å². The van der Waals surface area contributed by atoms with E-state index >= 15 is 0 Å². The van der Waals surface area contributed by atoms with Crippen molar-refractivity contribution in [2.75, 3.05) is 19.6 Å². The van der Waals surface area contributed by atoms with E-state index in [0.29, 0.717) is 29.4 Å². The van der Waals surface area contributed by atoms with Gasteiger partial charge in [0.25, 0.3) is 0 Å². The van der Waals surface area contributed by atoms with Gasteiger partial charge in [0.15, 0.2) is 0 Å². The van der Waals surface area contributed by atoms with Gasteiger partial charge in [-0.3, -0.25) is 4.68 Å². The minimum absolute atomic E-state index is 0.329. The first-order chi connectivity index (χ1) is 9.94. The van der Waals surface area contributed by atoms with Crippen LogP contribution in [0.1, 0.15) is 44.5 Å². The van der Waals surface area contributed by atoms with Gasteiger partial charge in [0.1, 0.15) is 4.90 Å². The van der Waals surface area contributed by atoms with Gasteiger partial charge in [-0.2, -0.15) is 5.10 Å². The fourth-order valence-electron chi connectivity index (χ4n) is 2.30. The third kappa shape index (κ3) is 5.09. The maximum Gasteiger partial charge on any atom is 0.244 e. The molecule has 7 heteroatoms. The highest BCUT2D eigenvalue weighted by Crippen LogP contribution is 2.19. The summed E-state index contributed by atoms with van der Waals surface area (Å²) in [7, 11) is -3.47. The van der Waals surface area contributed by atoms with Crippen molar-refractivity contribution in [2.24, 2.45) is 0 Å². The van der Waals surface area contributed by atoms with Gasteiger partial charge >= 0.3 is 0 Å². The molecule has 0 aliphatic carbocycles. The van der Waals surface area contributed by atoms with Crippen LogP contribution < -0.4 is 10.0 Å². The molecule has 21 heavy (non-hydrogen) atoms. The Morgan fingerprint density at radius 3 is 2.48 bits per heavy atom. The normalized spacial score (nSPS) is 12.0. The van der Waals surface area contributed by atoms with Crippen LogP contribution in [0.3, 0.4) is 0 Å². The Morgan fingerprint density at radius 1 is 1.14 bits per heavy atom. The Kier molecular flexibility index (Phi) is 7.34. The second kappa shape index (κ2) is 8.51. The fourth-order valence-corrected chi connectivity index (χ4v) is 3.78. The van der Waals surface area contributed by atoms with Gasteiger partial charge in [-0.25, -0.2) is 13.1 Å². The maximum atomic E-state index is 12.4. The summed E-state index contributed by atoms with van der Waals surface area (Å²) in [4.78, 5) is 0.329. The molecular weight excluding hydrogens is 288 g/mol. The molecule has 0 fully saturated rings. The van der Waals surface area contributed by atoms with Crippen molar-refractivity contribution in [3.8, 4) is 0 Å². The number of aryl methyl sites for hydroxylation is 1. The average Bonchev–Trinajstić information content (AvgIpc) is 2.70.